The lowest BCUT2D eigenvalue weighted by Crippen LogP contribution is -2.19. The SMILES string of the molecule is CNCC(=O)c1cc(C)c2ccccc2n1. The molecular weight excluding hydrogens is 200 g/mol. The smallest absolute Gasteiger partial charge is 0.194 e. The quantitative estimate of drug-likeness (QED) is 0.794. The van der Waals surface area contributed by atoms with Gasteiger partial charge in [0, 0.05) is 5.39 Å². The van der Waals surface area contributed by atoms with Gasteiger partial charge < -0.3 is 5.32 Å². The molecule has 2 rings (SSSR count). The monoisotopic (exact) mass is 214 g/mol. The Morgan fingerprint density at radius 1 is 1.38 bits per heavy atom. The van der Waals surface area contributed by atoms with Crippen molar-refractivity contribution in [1.29, 1.82) is 0 Å². The third-order valence-corrected chi connectivity index (χ3v) is 2.55. The van der Waals surface area contributed by atoms with Gasteiger partial charge in [-0.25, -0.2) is 4.98 Å². The standard InChI is InChI=1S/C13H14N2O/c1-9-7-12(13(16)8-14-2)15-11-6-4-3-5-10(9)11/h3-7,14H,8H2,1-2H3. The number of aromatic nitrogens is 1. The lowest BCUT2D eigenvalue weighted by molar-refractivity contribution is 0.0989. The number of aryl methyl sites for hydroxylation is 1. The minimum absolute atomic E-state index is 0.0244. The van der Waals surface area contributed by atoms with Crippen molar-refractivity contribution >= 4 is 16.7 Å². The Bertz CT molecular complexity index is 534. The molecule has 1 N–H and O–H groups in total. The van der Waals surface area contributed by atoms with Crippen molar-refractivity contribution in [3.8, 4) is 0 Å². The number of likely N-dealkylation sites (N-methyl/N-ethyl adjacent to an activating group) is 1. The van der Waals surface area contributed by atoms with E-state index in [4.69, 9.17) is 0 Å². The fourth-order valence-electron chi connectivity index (χ4n) is 1.74. The van der Waals surface area contributed by atoms with Gasteiger partial charge in [-0.15, -0.1) is 0 Å². The van der Waals surface area contributed by atoms with Crippen LogP contribution in [-0.2, 0) is 0 Å². The highest BCUT2D eigenvalue weighted by Crippen LogP contribution is 2.17. The average Bonchev–Trinajstić information content (AvgIpc) is 2.29. The molecule has 0 saturated carbocycles. The van der Waals surface area contributed by atoms with Crippen LogP contribution in [0.25, 0.3) is 10.9 Å². The highest BCUT2D eigenvalue weighted by Gasteiger charge is 2.08. The highest BCUT2D eigenvalue weighted by molar-refractivity contribution is 5.98. The predicted octanol–water partition coefficient (Wildman–Crippen LogP) is 1.95. The second-order valence-electron chi connectivity index (χ2n) is 3.80. The van der Waals surface area contributed by atoms with Gasteiger partial charge in [-0.3, -0.25) is 4.79 Å². The maximum absolute atomic E-state index is 11.7. The second kappa shape index (κ2) is 4.41. The Hall–Kier alpha value is -1.74. The average molecular weight is 214 g/mol. The molecule has 3 nitrogen and oxygen atoms in total. The molecule has 0 unspecified atom stereocenters. The summed E-state index contributed by atoms with van der Waals surface area (Å²) in [5, 5.41) is 3.94. The van der Waals surface area contributed by atoms with E-state index in [-0.39, 0.29) is 5.78 Å². The normalized spacial score (nSPS) is 10.6. The van der Waals surface area contributed by atoms with Crippen molar-refractivity contribution in [1.82, 2.24) is 10.3 Å². The van der Waals surface area contributed by atoms with Gasteiger partial charge in [-0.1, -0.05) is 18.2 Å². The molecule has 1 aromatic carbocycles. The van der Waals surface area contributed by atoms with E-state index >= 15 is 0 Å². The maximum Gasteiger partial charge on any atom is 0.194 e. The molecule has 0 amide bonds. The molecule has 82 valence electrons. The van der Waals surface area contributed by atoms with Crippen LogP contribution in [0.3, 0.4) is 0 Å². The molecule has 0 aliphatic rings. The summed E-state index contributed by atoms with van der Waals surface area (Å²) in [4.78, 5) is 16.1. The summed E-state index contributed by atoms with van der Waals surface area (Å²) >= 11 is 0. The van der Waals surface area contributed by atoms with Gasteiger partial charge in [0.25, 0.3) is 0 Å². The van der Waals surface area contributed by atoms with Crippen LogP contribution in [0.2, 0.25) is 0 Å². The number of benzene rings is 1. The summed E-state index contributed by atoms with van der Waals surface area (Å²) in [6.45, 7) is 2.32. The number of fused-ring (bicyclic) bond motifs is 1. The van der Waals surface area contributed by atoms with Crippen molar-refractivity contribution in [3.63, 3.8) is 0 Å². The molecule has 0 saturated heterocycles. The summed E-state index contributed by atoms with van der Waals surface area (Å²) in [7, 11) is 1.76. The topological polar surface area (TPSA) is 42.0 Å². The molecular formula is C13H14N2O. The minimum Gasteiger partial charge on any atom is -0.313 e. The number of ketones is 1. The molecule has 1 heterocycles. The zero-order valence-electron chi connectivity index (χ0n) is 9.45. The van der Waals surface area contributed by atoms with E-state index in [2.05, 4.69) is 10.3 Å². The lowest BCUT2D eigenvalue weighted by atomic mass is 10.1. The maximum atomic E-state index is 11.7. The molecule has 0 aliphatic heterocycles. The Labute approximate surface area is 94.5 Å². The summed E-state index contributed by atoms with van der Waals surface area (Å²) in [5.74, 6) is 0.0244. The highest BCUT2D eigenvalue weighted by atomic mass is 16.1. The molecule has 16 heavy (non-hydrogen) atoms. The van der Waals surface area contributed by atoms with Crippen molar-refractivity contribution < 1.29 is 4.79 Å². The Morgan fingerprint density at radius 2 is 2.12 bits per heavy atom. The van der Waals surface area contributed by atoms with Crippen molar-refractivity contribution in [2.45, 2.75) is 6.92 Å². The Balaban J connectivity index is 2.53. The van der Waals surface area contributed by atoms with E-state index in [9.17, 15) is 4.79 Å². The summed E-state index contributed by atoms with van der Waals surface area (Å²) in [6, 6.07) is 9.71. The molecule has 0 atom stereocenters. The molecule has 0 aliphatic carbocycles. The number of para-hydroxylation sites is 1. The Kier molecular flexibility index (Phi) is 2.97. The molecule has 0 bridgehead atoms. The first kappa shape index (κ1) is 10.8. The van der Waals surface area contributed by atoms with E-state index in [1.165, 1.54) is 0 Å². The number of rotatable bonds is 3. The van der Waals surface area contributed by atoms with Crippen LogP contribution in [0.4, 0.5) is 0 Å². The number of Topliss-reactive ketones (excluding diaryl/α,β-unsaturated/α-hetero) is 1. The molecule has 0 fully saturated rings. The van der Waals surface area contributed by atoms with Crippen LogP contribution in [0.15, 0.2) is 30.3 Å². The zero-order chi connectivity index (χ0) is 11.5. The number of nitrogens with one attached hydrogen (secondary N) is 1. The van der Waals surface area contributed by atoms with Crippen molar-refractivity contribution in [2.24, 2.45) is 0 Å². The first-order valence-corrected chi connectivity index (χ1v) is 5.26. The van der Waals surface area contributed by atoms with Crippen LogP contribution in [0.5, 0.6) is 0 Å². The van der Waals surface area contributed by atoms with Gasteiger partial charge >= 0.3 is 0 Å². The first-order valence-electron chi connectivity index (χ1n) is 5.26. The Morgan fingerprint density at radius 3 is 2.88 bits per heavy atom. The van der Waals surface area contributed by atoms with Crippen LogP contribution in [0, 0.1) is 6.92 Å². The van der Waals surface area contributed by atoms with E-state index in [1.54, 1.807) is 7.05 Å². The lowest BCUT2D eigenvalue weighted by Gasteiger charge is -2.05. The van der Waals surface area contributed by atoms with E-state index in [1.807, 2.05) is 37.3 Å². The third-order valence-electron chi connectivity index (χ3n) is 2.55. The third kappa shape index (κ3) is 1.95. The molecule has 1 aromatic heterocycles. The van der Waals surface area contributed by atoms with Crippen LogP contribution >= 0.6 is 0 Å². The largest absolute Gasteiger partial charge is 0.313 e. The van der Waals surface area contributed by atoms with E-state index < -0.39 is 0 Å². The zero-order valence-corrected chi connectivity index (χ0v) is 9.45. The van der Waals surface area contributed by atoms with Gasteiger partial charge in [0.1, 0.15) is 5.69 Å². The van der Waals surface area contributed by atoms with Gasteiger partial charge in [0.05, 0.1) is 12.1 Å². The van der Waals surface area contributed by atoms with Crippen LogP contribution < -0.4 is 5.32 Å². The van der Waals surface area contributed by atoms with Crippen molar-refractivity contribution in [2.75, 3.05) is 13.6 Å². The van der Waals surface area contributed by atoms with E-state index in [0.717, 1.165) is 16.5 Å². The summed E-state index contributed by atoms with van der Waals surface area (Å²) in [5.41, 5.74) is 2.50. The van der Waals surface area contributed by atoms with Crippen molar-refractivity contribution in [3.05, 3.63) is 41.6 Å². The fourth-order valence-corrected chi connectivity index (χ4v) is 1.74. The van der Waals surface area contributed by atoms with E-state index in [0.29, 0.717) is 12.2 Å². The number of pyridine rings is 1. The minimum atomic E-state index is 0.0244. The summed E-state index contributed by atoms with van der Waals surface area (Å²) in [6.07, 6.45) is 0. The van der Waals surface area contributed by atoms with Gasteiger partial charge in [-0.2, -0.15) is 0 Å². The number of carbonyl (C=O) groups is 1. The second-order valence-corrected chi connectivity index (χ2v) is 3.80. The molecule has 0 spiro atoms. The summed E-state index contributed by atoms with van der Waals surface area (Å²) < 4.78 is 0. The number of carbonyl (C=O) groups excluding carboxylic acids is 1. The van der Waals surface area contributed by atoms with Crippen LogP contribution in [-0.4, -0.2) is 24.4 Å². The van der Waals surface area contributed by atoms with Gasteiger partial charge in [-0.05, 0) is 31.7 Å². The molecule has 2 aromatic rings. The first-order chi connectivity index (χ1) is 7.72. The molecule has 0 radical (unpaired) electrons. The number of hydrogen-bond acceptors (Lipinski definition) is 3. The van der Waals surface area contributed by atoms with Gasteiger partial charge in [0.2, 0.25) is 0 Å². The molecule has 3 heteroatoms. The fraction of sp³-hybridized carbons (Fsp3) is 0.231. The predicted molar refractivity (Wildman–Crippen MR) is 64.7 cm³/mol. The number of nitrogens with zero attached hydrogens (tertiary/aromatic N) is 1. The van der Waals surface area contributed by atoms with Gasteiger partial charge in [0.15, 0.2) is 5.78 Å². The van der Waals surface area contributed by atoms with Crippen LogP contribution in [0.1, 0.15) is 16.1 Å². The number of hydrogen-bond donors (Lipinski definition) is 1.